The van der Waals surface area contributed by atoms with Crippen molar-refractivity contribution in [2.24, 2.45) is 5.73 Å². The summed E-state index contributed by atoms with van der Waals surface area (Å²) in [6.45, 7) is 2.67. The Bertz CT molecular complexity index is 580. The van der Waals surface area contributed by atoms with Crippen molar-refractivity contribution in [1.29, 1.82) is 0 Å². The van der Waals surface area contributed by atoms with Crippen molar-refractivity contribution < 1.29 is 4.74 Å². The Morgan fingerprint density at radius 1 is 1.30 bits per heavy atom. The molecule has 0 bridgehead atoms. The summed E-state index contributed by atoms with van der Waals surface area (Å²) in [7, 11) is 0. The molecule has 1 aromatic carbocycles. The number of nitrogens with two attached hydrogens (primary N) is 1. The molecule has 2 atom stereocenters. The zero-order valence-corrected chi connectivity index (χ0v) is 11.8. The number of benzene rings is 1. The summed E-state index contributed by atoms with van der Waals surface area (Å²) in [4.78, 5) is 4.53. The Hall–Kier alpha value is -1.87. The SMILES string of the molecule is CCOc1ccc(C(N)C2CCc3cccnc32)cc1. The van der Waals surface area contributed by atoms with E-state index in [2.05, 4.69) is 23.2 Å². The van der Waals surface area contributed by atoms with Gasteiger partial charge in [0.1, 0.15) is 5.75 Å². The molecule has 0 aliphatic heterocycles. The molecule has 1 aliphatic carbocycles. The van der Waals surface area contributed by atoms with Gasteiger partial charge in [-0.25, -0.2) is 0 Å². The van der Waals surface area contributed by atoms with E-state index in [9.17, 15) is 0 Å². The first-order valence-electron chi connectivity index (χ1n) is 7.21. The van der Waals surface area contributed by atoms with Gasteiger partial charge < -0.3 is 10.5 Å². The van der Waals surface area contributed by atoms with Crippen molar-refractivity contribution in [3.63, 3.8) is 0 Å². The number of pyridine rings is 1. The third-order valence-electron chi connectivity index (χ3n) is 4.01. The third kappa shape index (κ3) is 2.41. The van der Waals surface area contributed by atoms with Crippen LogP contribution in [-0.4, -0.2) is 11.6 Å². The zero-order valence-electron chi connectivity index (χ0n) is 11.8. The van der Waals surface area contributed by atoms with Gasteiger partial charge in [0.15, 0.2) is 0 Å². The lowest BCUT2D eigenvalue weighted by atomic mass is 9.91. The average molecular weight is 268 g/mol. The van der Waals surface area contributed by atoms with Crippen LogP contribution in [0.1, 0.15) is 42.1 Å². The molecular weight excluding hydrogens is 248 g/mol. The van der Waals surface area contributed by atoms with Gasteiger partial charge in [0.05, 0.1) is 6.61 Å². The van der Waals surface area contributed by atoms with Crippen LogP contribution in [-0.2, 0) is 6.42 Å². The van der Waals surface area contributed by atoms with Gasteiger partial charge in [-0.05, 0) is 49.1 Å². The summed E-state index contributed by atoms with van der Waals surface area (Å²) in [5.74, 6) is 1.22. The molecule has 3 heteroatoms. The predicted molar refractivity (Wildman–Crippen MR) is 79.8 cm³/mol. The largest absolute Gasteiger partial charge is 0.494 e. The van der Waals surface area contributed by atoms with Crippen LogP contribution in [0.4, 0.5) is 0 Å². The molecule has 1 heterocycles. The van der Waals surface area contributed by atoms with Gasteiger partial charge in [0.25, 0.3) is 0 Å². The number of hydrogen-bond acceptors (Lipinski definition) is 3. The van der Waals surface area contributed by atoms with Crippen molar-refractivity contribution in [3.05, 3.63) is 59.4 Å². The number of aromatic nitrogens is 1. The van der Waals surface area contributed by atoms with Crippen molar-refractivity contribution in [1.82, 2.24) is 4.98 Å². The molecule has 2 N–H and O–H groups in total. The lowest BCUT2D eigenvalue weighted by molar-refractivity contribution is 0.340. The molecule has 1 aromatic heterocycles. The van der Waals surface area contributed by atoms with E-state index in [-0.39, 0.29) is 6.04 Å². The number of fused-ring (bicyclic) bond motifs is 1. The summed E-state index contributed by atoms with van der Waals surface area (Å²) < 4.78 is 5.47. The molecule has 0 amide bonds. The summed E-state index contributed by atoms with van der Waals surface area (Å²) in [6.07, 6.45) is 4.03. The number of nitrogens with zero attached hydrogens (tertiary/aromatic N) is 1. The van der Waals surface area contributed by atoms with Crippen LogP contribution < -0.4 is 10.5 Å². The van der Waals surface area contributed by atoms with E-state index >= 15 is 0 Å². The van der Waals surface area contributed by atoms with Crippen LogP contribution in [0.3, 0.4) is 0 Å². The van der Waals surface area contributed by atoms with Gasteiger partial charge in [-0.15, -0.1) is 0 Å². The minimum Gasteiger partial charge on any atom is -0.494 e. The van der Waals surface area contributed by atoms with E-state index in [0.717, 1.165) is 24.2 Å². The Kier molecular flexibility index (Phi) is 3.70. The maximum atomic E-state index is 6.46. The highest BCUT2D eigenvalue weighted by atomic mass is 16.5. The van der Waals surface area contributed by atoms with E-state index in [1.807, 2.05) is 31.3 Å². The van der Waals surface area contributed by atoms with Crippen LogP contribution in [0.25, 0.3) is 0 Å². The highest BCUT2D eigenvalue weighted by Gasteiger charge is 2.29. The minimum atomic E-state index is 0.00169. The van der Waals surface area contributed by atoms with Gasteiger partial charge in [0.2, 0.25) is 0 Å². The number of hydrogen-bond donors (Lipinski definition) is 1. The Morgan fingerprint density at radius 2 is 2.10 bits per heavy atom. The van der Waals surface area contributed by atoms with Crippen molar-refractivity contribution in [2.45, 2.75) is 31.7 Å². The minimum absolute atomic E-state index is 0.00169. The Labute approximate surface area is 119 Å². The van der Waals surface area contributed by atoms with Gasteiger partial charge in [-0.1, -0.05) is 18.2 Å². The lowest BCUT2D eigenvalue weighted by Crippen LogP contribution is -2.18. The van der Waals surface area contributed by atoms with E-state index in [1.165, 1.54) is 11.3 Å². The molecule has 1 aliphatic rings. The molecule has 20 heavy (non-hydrogen) atoms. The lowest BCUT2D eigenvalue weighted by Gasteiger charge is -2.20. The van der Waals surface area contributed by atoms with Gasteiger partial charge in [-0.3, -0.25) is 4.98 Å². The van der Waals surface area contributed by atoms with E-state index < -0.39 is 0 Å². The highest BCUT2D eigenvalue weighted by Crippen LogP contribution is 2.39. The summed E-state index contributed by atoms with van der Waals surface area (Å²) in [6, 6.07) is 12.3. The molecule has 3 rings (SSSR count). The number of aryl methyl sites for hydroxylation is 1. The second-order valence-electron chi connectivity index (χ2n) is 5.22. The quantitative estimate of drug-likeness (QED) is 0.926. The van der Waals surface area contributed by atoms with E-state index in [1.54, 1.807) is 0 Å². The highest BCUT2D eigenvalue weighted by molar-refractivity contribution is 5.35. The Balaban J connectivity index is 1.81. The van der Waals surface area contributed by atoms with Gasteiger partial charge in [-0.2, -0.15) is 0 Å². The van der Waals surface area contributed by atoms with E-state index in [4.69, 9.17) is 10.5 Å². The van der Waals surface area contributed by atoms with Crippen molar-refractivity contribution in [2.75, 3.05) is 6.61 Å². The maximum Gasteiger partial charge on any atom is 0.119 e. The second-order valence-corrected chi connectivity index (χ2v) is 5.22. The fourth-order valence-corrected chi connectivity index (χ4v) is 2.98. The molecular formula is C17H20N2O. The second kappa shape index (κ2) is 5.63. The molecule has 0 fully saturated rings. The summed E-state index contributed by atoms with van der Waals surface area (Å²) in [5, 5.41) is 0. The standard InChI is InChI=1S/C17H20N2O/c1-2-20-14-8-5-12(6-9-14)16(18)15-10-7-13-4-3-11-19-17(13)15/h3-6,8-9,11,15-16H,2,7,10,18H2,1H3. The van der Waals surface area contributed by atoms with Crippen molar-refractivity contribution in [3.8, 4) is 5.75 Å². The molecule has 2 aromatic rings. The van der Waals surface area contributed by atoms with Crippen LogP contribution in [0.5, 0.6) is 5.75 Å². The summed E-state index contributed by atoms with van der Waals surface area (Å²) in [5.41, 5.74) is 10.1. The number of ether oxygens (including phenoxy) is 1. The molecule has 3 nitrogen and oxygen atoms in total. The van der Waals surface area contributed by atoms with Crippen LogP contribution in [0.2, 0.25) is 0 Å². The summed E-state index contributed by atoms with van der Waals surface area (Å²) >= 11 is 0. The zero-order chi connectivity index (χ0) is 13.9. The van der Waals surface area contributed by atoms with Crippen molar-refractivity contribution >= 4 is 0 Å². The van der Waals surface area contributed by atoms with Crippen LogP contribution >= 0.6 is 0 Å². The molecule has 104 valence electrons. The number of rotatable bonds is 4. The Morgan fingerprint density at radius 3 is 2.85 bits per heavy atom. The molecule has 0 saturated heterocycles. The molecule has 0 radical (unpaired) electrons. The first kappa shape index (κ1) is 13.1. The molecule has 0 spiro atoms. The maximum absolute atomic E-state index is 6.46. The third-order valence-corrected chi connectivity index (χ3v) is 4.01. The molecule has 0 saturated carbocycles. The van der Waals surface area contributed by atoms with Gasteiger partial charge in [0, 0.05) is 23.9 Å². The molecule has 2 unspecified atom stereocenters. The first-order chi connectivity index (χ1) is 9.79. The predicted octanol–water partition coefficient (Wildman–Crippen LogP) is 3.21. The van der Waals surface area contributed by atoms with Crippen LogP contribution in [0, 0.1) is 0 Å². The average Bonchev–Trinajstić information content (AvgIpc) is 2.92. The fraction of sp³-hybridized carbons (Fsp3) is 0.353. The van der Waals surface area contributed by atoms with E-state index in [0.29, 0.717) is 12.5 Å². The van der Waals surface area contributed by atoms with Gasteiger partial charge >= 0.3 is 0 Å². The monoisotopic (exact) mass is 268 g/mol. The normalized spacial score (nSPS) is 18.6. The van der Waals surface area contributed by atoms with Crippen LogP contribution in [0.15, 0.2) is 42.6 Å². The topological polar surface area (TPSA) is 48.1 Å². The fourth-order valence-electron chi connectivity index (χ4n) is 2.98. The smallest absolute Gasteiger partial charge is 0.119 e. The first-order valence-corrected chi connectivity index (χ1v) is 7.21.